The predicted molar refractivity (Wildman–Crippen MR) is 73.9 cm³/mol. The number of carbonyl (C=O) groups excluding carboxylic acids is 1. The van der Waals surface area contributed by atoms with Crippen LogP contribution in [0.4, 0.5) is 0 Å². The summed E-state index contributed by atoms with van der Waals surface area (Å²) in [5, 5.41) is 11.4. The van der Waals surface area contributed by atoms with Gasteiger partial charge in [-0.1, -0.05) is 0 Å². The van der Waals surface area contributed by atoms with Gasteiger partial charge in [0.1, 0.15) is 0 Å². The highest BCUT2D eigenvalue weighted by molar-refractivity contribution is 5.85. The summed E-state index contributed by atoms with van der Waals surface area (Å²) in [7, 11) is 0. The van der Waals surface area contributed by atoms with Crippen molar-refractivity contribution < 1.29 is 4.79 Å². The summed E-state index contributed by atoms with van der Waals surface area (Å²) in [6.45, 7) is 4.00. The molecule has 1 saturated carbocycles. The van der Waals surface area contributed by atoms with Crippen LogP contribution in [0.2, 0.25) is 0 Å². The number of hydrogen-bond donors (Lipinski definition) is 1. The van der Waals surface area contributed by atoms with E-state index < -0.39 is 0 Å². The minimum atomic E-state index is -0.244. The summed E-state index contributed by atoms with van der Waals surface area (Å²) in [6.07, 6.45) is 9.33. The van der Waals surface area contributed by atoms with Gasteiger partial charge in [0.25, 0.3) is 0 Å². The van der Waals surface area contributed by atoms with Gasteiger partial charge in [0.15, 0.2) is 0 Å². The number of rotatable bonds is 6. The molecule has 0 aromatic carbocycles. The predicted octanol–water partition coefficient (Wildman–Crippen LogP) is 0.985. The Morgan fingerprint density at radius 3 is 2.85 bits per heavy atom. The van der Waals surface area contributed by atoms with E-state index in [0.717, 1.165) is 18.4 Å². The van der Waals surface area contributed by atoms with Crippen LogP contribution in [0.5, 0.6) is 0 Å². The van der Waals surface area contributed by atoms with E-state index in [-0.39, 0.29) is 11.3 Å². The van der Waals surface area contributed by atoms with Crippen molar-refractivity contribution in [3.8, 4) is 0 Å². The van der Waals surface area contributed by atoms with Crippen LogP contribution in [0, 0.1) is 12.3 Å². The maximum atomic E-state index is 12.3. The van der Waals surface area contributed by atoms with Gasteiger partial charge in [0.05, 0.1) is 24.7 Å². The van der Waals surface area contributed by atoms with E-state index in [4.69, 9.17) is 0 Å². The first-order valence-corrected chi connectivity index (χ1v) is 6.93. The molecular weight excluding hydrogens is 254 g/mol. The Kier molecular flexibility index (Phi) is 3.30. The molecular formula is C14H19N5O. The first kappa shape index (κ1) is 12.9. The van der Waals surface area contributed by atoms with Crippen molar-refractivity contribution >= 4 is 5.91 Å². The fourth-order valence-corrected chi connectivity index (χ4v) is 2.37. The maximum absolute atomic E-state index is 12.3. The van der Waals surface area contributed by atoms with Crippen LogP contribution in [0.15, 0.2) is 30.9 Å². The minimum absolute atomic E-state index is 0.136. The summed E-state index contributed by atoms with van der Waals surface area (Å²) in [5.74, 6) is 0.136. The largest absolute Gasteiger partial charge is 0.354 e. The number of nitrogens with zero attached hydrogens (tertiary/aromatic N) is 4. The molecule has 0 bridgehead atoms. The van der Waals surface area contributed by atoms with Crippen molar-refractivity contribution in [2.75, 3.05) is 6.54 Å². The summed E-state index contributed by atoms with van der Waals surface area (Å²) in [6, 6.07) is 1.88. The molecule has 0 aliphatic heterocycles. The number of aromatic nitrogens is 4. The second-order valence-corrected chi connectivity index (χ2v) is 5.52. The molecule has 2 aromatic rings. The molecule has 0 saturated heterocycles. The van der Waals surface area contributed by atoms with E-state index in [9.17, 15) is 4.79 Å². The van der Waals surface area contributed by atoms with Gasteiger partial charge in [0.2, 0.25) is 5.91 Å². The van der Waals surface area contributed by atoms with Crippen LogP contribution in [0.1, 0.15) is 18.4 Å². The number of hydrogen-bond acceptors (Lipinski definition) is 3. The van der Waals surface area contributed by atoms with Crippen LogP contribution in [0.25, 0.3) is 0 Å². The first-order chi connectivity index (χ1) is 9.68. The van der Waals surface area contributed by atoms with Crippen LogP contribution in [-0.2, 0) is 17.9 Å². The molecule has 0 atom stereocenters. The lowest BCUT2D eigenvalue weighted by Gasteiger charge is -2.15. The number of nitrogens with one attached hydrogen (secondary N) is 1. The highest BCUT2D eigenvalue weighted by atomic mass is 16.2. The zero-order chi connectivity index (χ0) is 14.0. The van der Waals surface area contributed by atoms with E-state index in [0.29, 0.717) is 19.6 Å². The Morgan fingerprint density at radius 1 is 1.40 bits per heavy atom. The molecule has 2 heterocycles. The lowest BCUT2D eigenvalue weighted by Crippen LogP contribution is -2.36. The lowest BCUT2D eigenvalue weighted by atomic mass is 10.1. The zero-order valence-corrected chi connectivity index (χ0v) is 11.6. The average molecular weight is 273 g/mol. The number of amides is 1. The number of carbonyl (C=O) groups is 1. The smallest absolute Gasteiger partial charge is 0.228 e. The Balaban J connectivity index is 1.49. The van der Waals surface area contributed by atoms with Crippen LogP contribution >= 0.6 is 0 Å². The van der Waals surface area contributed by atoms with Crippen molar-refractivity contribution in [3.63, 3.8) is 0 Å². The Morgan fingerprint density at radius 2 is 2.25 bits per heavy atom. The first-order valence-electron chi connectivity index (χ1n) is 6.93. The van der Waals surface area contributed by atoms with E-state index in [1.54, 1.807) is 6.20 Å². The van der Waals surface area contributed by atoms with Gasteiger partial charge in [0, 0.05) is 25.1 Å². The Hall–Kier alpha value is -2.11. The van der Waals surface area contributed by atoms with E-state index in [2.05, 4.69) is 15.5 Å². The van der Waals surface area contributed by atoms with E-state index in [1.807, 2.05) is 40.9 Å². The Labute approximate surface area is 117 Å². The van der Waals surface area contributed by atoms with Gasteiger partial charge in [-0.15, -0.1) is 0 Å². The molecule has 20 heavy (non-hydrogen) atoms. The molecule has 1 aliphatic rings. The quantitative estimate of drug-likeness (QED) is 0.853. The van der Waals surface area contributed by atoms with Crippen molar-refractivity contribution in [2.45, 2.75) is 32.9 Å². The molecule has 0 spiro atoms. The van der Waals surface area contributed by atoms with E-state index in [1.165, 1.54) is 0 Å². The average Bonchev–Trinajstić information content (AvgIpc) is 2.83. The minimum Gasteiger partial charge on any atom is -0.354 e. The van der Waals surface area contributed by atoms with Gasteiger partial charge in [-0.25, -0.2) is 0 Å². The third kappa shape index (κ3) is 2.74. The summed E-state index contributed by atoms with van der Waals surface area (Å²) in [4.78, 5) is 12.3. The molecule has 106 valence electrons. The second kappa shape index (κ2) is 5.11. The molecule has 6 heteroatoms. The molecule has 1 N–H and O–H groups in total. The third-order valence-corrected chi connectivity index (χ3v) is 3.75. The monoisotopic (exact) mass is 273 g/mol. The van der Waals surface area contributed by atoms with Crippen molar-refractivity contribution in [1.29, 1.82) is 0 Å². The topological polar surface area (TPSA) is 64.7 Å². The molecule has 6 nitrogen and oxygen atoms in total. The number of aryl methyl sites for hydroxylation is 1. The van der Waals surface area contributed by atoms with Crippen molar-refractivity contribution in [1.82, 2.24) is 24.9 Å². The SMILES string of the molecule is Cc1cnn(CCNC(=O)C2(Cn3cccn3)CC2)c1. The van der Waals surface area contributed by atoms with Gasteiger partial charge < -0.3 is 5.32 Å². The summed E-state index contributed by atoms with van der Waals surface area (Å²) >= 11 is 0. The molecule has 2 aromatic heterocycles. The van der Waals surface area contributed by atoms with E-state index >= 15 is 0 Å². The third-order valence-electron chi connectivity index (χ3n) is 3.75. The highest BCUT2D eigenvalue weighted by Gasteiger charge is 2.50. The summed E-state index contributed by atoms with van der Waals surface area (Å²) < 4.78 is 3.69. The van der Waals surface area contributed by atoms with Crippen LogP contribution < -0.4 is 5.32 Å². The Bertz CT molecular complexity index is 582. The maximum Gasteiger partial charge on any atom is 0.228 e. The molecule has 3 rings (SSSR count). The molecule has 1 aliphatic carbocycles. The molecule has 1 fully saturated rings. The van der Waals surface area contributed by atoms with Crippen LogP contribution in [0.3, 0.4) is 0 Å². The standard InChI is InChI=1S/C14H19N5O/c1-12-9-17-18(10-12)8-6-15-13(20)14(3-4-14)11-19-7-2-5-16-19/h2,5,7,9-10H,3-4,6,8,11H2,1H3,(H,15,20). The molecule has 1 amide bonds. The van der Waals surface area contributed by atoms with Gasteiger partial charge >= 0.3 is 0 Å². The fraction of sp³-hybridized carbons (Fsp3) is 0.500. The van der Waals surface area contributed by atoms with Crippen molar-refractivity contribution in [2.24, 2.45) is 5.41 Å². The molecule has 0 radical (unpaired) electrons. The fourth-order valence-electron chi connectivity index (χ4n) is 2.37. The van der Waals surface area contributed by atoms with Gasteiger partial charge in [-0.2, -0.15) is 10.2 Å². The summed E-state index contributed by atoms with van der Waals surface area (Å²) in [5.41, 5.74) is 0.889. The normalized spacial score (nSPS) is 16.1. The lowest BCUT2D eigenvalue weighted by molar-refractivity contribution is -0.126. The zero-order valence-electron chi connectivity index (χ0n) is 11.6. The second-order valence-electron chi connectivity index (χ2n) is 5.52. The van der Waals surface area contributed by atoms with Crippen molar-refractivity contribution in [3.05, 3.63) is 36.4 Å². The van der Waals surface area contributed by atoms with Gasteiger partial charge in [-0.3, -0.25) is 14.2 Å². The molecule has 0 unspecified atom stereocenters. The van der Waals surface area contributed by atoms with Crippen LogP contribution in [-0.4, -0.2) is 32.0 Å². The van der Waals surface area contributed by atoms with Gasteiger partial charge in [-0.05, 0) is 31.4 Å². The highest BCUT2D eigenvalue weighted by Crippen LogP contribution is 2.47.